The third-order valence-electron chi connectivity index (χ3n) is 6.00. The maximum Gasteiger partial charge on any atom is 0.250 e. The normalized spacial score (nSPS) is 13.8. The van der Waals surface area contributed by atoms with E-state index in [1.54, 1.807) is 13.4 Å². The zero-order valence-corrected chi connectivity index (χ0v) is 19.7. The highest BCUT2D eigenvalue weighted by molar-refractivity contribution is 5.92. The molecule has 0 atom stereocenters. The Hall–Kier alpha value is -4.18. The van der Waals surface area contributed by atoms with Crippen LogP contribution in [-0.4, -0.2) is 72.7 Å². The fourth-order valence-corrected chi connectivity index (χ4v) is 4.34. The van der Waals surface area contributed by atoms with Crippen molar-refractivity contribution in [2.24, 2.45) is 0 Å². The van der Waals surface area contributed by atoms with E-state index in [0.29, 0.717) is 5.69 Å². The molecule has 35 heavy (non-hydrogen) atoms. The monoisotopic (exact) mass is 473 g/mol. The van der Waals surface area contributed by atoms with Gasteiger partial charge in [-0.05, 0) is 30.3 Å². The summed E-state index contributed by atoms with van der Waals surface area (Å²) in [5, 5.41) is 8.35. The lowest BCUT2D eigenvalue weighted by molar-refractivity contribution is -0.119. The number of nitrogens with zero attached hydrogens (tertiary/aromatic N) is 6. The minimum absolute atomic E-state index is 0.00823. The largest absolute Gasteiger partial charge is 0.495 e. The van der Waals surface area contributed by atoms with Gasteiger partial charge in [0.15, 0.2) is 5.65 Å². The van der Waals surface area contributed by atoms with Crippen LogP contribution in [0.5, 0.6) is 5.75 Å². The summed E-state index contributed by atoms with van der Waals surface area (Å²) in [5.41, 5.74) is 3.38. The molecule has 180 valence electrons. The number of piperazine rings is 1. The van der Waals surface area contributed by atoms with Crippen LogP contribution in [0.15, 0.2) is 61.1 Å². The van der Waals surface area contributed by atoms with Gasteiger partial charge in [-0.2, -0.15) is 5.10 Å². The van der Waals surface area contributed by atoms with E-state index in [-0.39, 0.29) is 12.5 Å². The van der Waals surface area contributed by atoms with Gasteiger partial charge in [-0.25, -0.2) is 14.6 Å². The Labute approximate surface area is 203 Å². The smallest absolute Gasteiger partial charge is 0.250 e. The molecule has 1 aliphatic rings. The maximum absolute atomic E-state index is 11.9. The Balaban J connectivity index is 1.35. The summed E-state index contributed by atoms with van der Waals surface area (Å²) >= 11 is 0. The minimum Gasteiger partial charge on any atom is -0.495 e. The van der Waals surface area contributed by atoms with E-state index in [0.717, 1.165) is 60.2 Å². The molecular weight excluding hydrogens is 446 g/mol. The first-order valence-electron chi connectivity index (χ1n) is 11.4. The summed E-state index contributed by atoms with van der Waals surface area (Å²) in [4.78, 5) is 25.6. The van der Waals surface area contributed by atoms with Crippen LogP contribution in [0.4, 0.5) is 17.2 Å². The number of ether oxygens (including phenoxy) is 2. The Kier molecular flexibility index (Phi) is 6.44. The minimum atomic E-state index is -0.197. The lowest BCUT2D eigenvalue weighted by Gasteiger charge is -2.37. The number of rotatable bonds is 7. The fourth-order valence-electron chi connectivity index (χ4n) is 4.34. The number of hydrogen-bond acceptors (Lipinski definition) is 8. The Morgan fingerprint density at radius 1 is 1.00 bits per heavy atom. The van der Waals surface area contributed by atoms with Gasteiger partial charge in [0.2, 0.25) is 5.91 Å². The maximum atomic E-state index is 11.9. The van der Waals surface area contributed by atoms with Crippen molar-refractivity contribution < 1.29 is 14.3 Å². The predicted molar refractivity (Wildman–Crippen MR) is 135 cm³/mol. The van der Waals surface area contributed by atoms with Gasteiger partial charge in [-0.1, -0.05) is 18.2 Å². The molecule has 10 nitrogen and oxygen atoms in total. The van der Waals surface area contributed by atoms with Crippen molar-refractivity contribution in [3.05, 3.63) is 61.1 Å². The molecule has 3 heterocycles. The average molecular weight is 474 g/mol. The molecule has 0 unspecified atom stereocenters. The summed E-state index contributed by atoms with van der Waals surface area (Å²) in [6.45, 7) is 3.08. The van der Waals surface area contributed by atoms with Crippen molar-refractivity contribution in [3.63, 3.8) is 0 Å². The molecule has 0 bridgehead atoms. The number of carbonyl (C=O) groups is 1. The molecule has 1 N–H and O–H groups in total. The topological polar surface area (TPSA) is 97.6 Å². The lowest BCUT2D eigenvalue weighted by Crippen LogP contribution is -2.47. The van der Waals surface area contributed by atoms with Crippen molar-refractivity contribution in [2.75, 3.05) is 62.1 Å². The van der Waals surface area contributed by atoms with Crippen LogP contribution >= 0.6 is 0 Å². The van der Waals surface area contributed by atoms with Crippen molar-refractivity contribution in [1.29, 1.82) is 0 Å². The zero-order valence-electron chi connectivity index (χ0n) is 19.7. The van der Waals surface area contributed by atoms with Crippen LogP contribution in [0.3, 0.4) is 0 Å². The first kappa shape index (κ1) is 22.6. The van der Waals surface area contributed by atoms with Crippen LogP contribution in [0.25, 0.3) is 16.7 Å². The first-order valence-corrected chi connectivity index (χ1v) is 11.4. The molecule has 0 saturated carbocycles. The Morgan fingerprint density at radius 3 is 2.51 bits per heavy atom. The predicted octanol–water partition coefficient (Wildman–Crippen LogP) is 2.74. The molecule has 0 radical (unpaired) electrons. The molecule has 10 heteroatoms. The molecule has 0 aliphatic carbocycles. The van der Waals surface area contributed by atoms with E-state index < -0.39 is 0 Å². The van der Waals surface area contributed by atoms with Crippen LogP contribution in [0.1, 0.15) is 0 Å². The van der Waals surface area contributed by atoms with Crippen LogP contribution in [-0.2, 0) is 9.53 Å². The SMILES string of the molecule is COCC(=O)Nc1ccc(OC)c(N2CCN(c3ncnc4c3cnn4-c3ccccc3)CC2)c1. The van der Waals surface area contributed by atoms with Gasteiger partial charge in [-0.15, -0.1) is 0 Å². The van der Waals surface area contributed by atoms with Gasteiger partial charge in [0.1, 0.15) is 24.5 Å². The van der Waals surface area contributed by atoms with Crippen molar-refractivity contribution in [2.45, 2.75) is 0 Å². The average Bonchev–Trinajstić information content (AvgIpc) is 3.34. The number of nitrogens with one attached hydrogen (secondary N) is 1. The summed E-state index contributed by atoms with van der Waals surface area (Å²) in [5.74, 6) is 1.44. The van der Waals surface area contributed by atoms with E-state index in [1.165, 1.54) is 7.11 Å². The van der Waals surface area contributed by atoms with Crippen molar-refractivity contribution in [1.82, 2.24) is 19.7 Å². The lowest BCUT2D eigenvalue weighted by atomic mass is 10.2. The molecule has 5 rings (SSSR count). The number of fused-ring (bicyclic) bond motifs is 1. The van der Waals surface area contributed by atoms with Gasteiger partial charge in [0, 0.05) is 39.0 Å². The second-order valence-corrected chi connectivity index (χ2v) is 8.17. The molecule has 1 aliphatic heterocycles. The standard InChI is InChI=1S/C25H27N7O3/c1-34-16-23(33)29-18-8-9-22(35-2)21(14-18)30-10-12-31(13-11-30)24-20-15-28-32(25(20)27-17-26-24)19-6-4-3-5-7-19/h3-9,14-15,17H,10-13,16H2,1-2H3,(H,29,33). The third-order valence-corrected chi connectivity index (χ3v) is 6.00. The number of carbonyl (C=O) groups excluding carboxylic acids is 1. The first-order chi connectivity index (χ1) is 17.2. The number of hydrogen-bond donors (Lipinski definition) is 1. The zero-order chi connectivity index (χ0) is 24.2. The molecule has 2 aromatic heterocycles. The summed E-state index contributed by atoms with van der Waals surface area (Å²) < 4.78 is 12.3. The molecule has 1 saturated heterocycles. The van der Waals surface area contributed by atoms with Gasteiger partial charge in [-0.3, -0.25) is 4.79 Å². The van der Waals surface area contributed by atoms with E-state index in [9.17, 15) is 4.79 Å². The molecule has 0 spiro atoms. The number of amides is 1. The highest BCUT2D eigenvalue weighted by Crippen LogP contribution is 2.33. The van der Waals surface area contributed by atoms with Crippen molar-refractivity contribution in [3.8, 4) is 11.4 Å². The summed E-state index contributed by atoms with van der Waals surface area (Å²) in [6.07, 6.45) is 3.43. The Bertz CT molecular complexity index is 1320. The second-order valence-electron chi connectivity index (χ2n) is 8.17. The Morgan fingerprint density at radius 2 is 1.77 bits per heavy atom. The summed E-state index contributed by atoms with van der Waals surface area (Å²) in [7, 11) is 3.15. The van der Waals surface area contributed by atoms with E-state index in [2.05, 4.69) is 30.2 Å². The van der Waals surface area contributed by atoms with E-state index >= 15 is 0 Å². The van der Waals surface area contributed by atoms with Crippen molar-refractivity contribution >= 4 is 34.1 Å². The van der Waals surface area contributed by atoms with Crippen LogP contribution < -0.4 is 19.9 Å². The molecule has 1 amide bonds. The van der Waals surface area contributed by atoms with Crippen LogP contribution in [0.2, 0.25) is 0 Å². The highest BCUT2D eigenvalue weighted by atomic mass is 16.5. The molecular formula is C25H27N7O3. The van der Waals surface area contributed by atoms with E-state index in [1.807, 2.05) is 59.4 Å². The molecule has 2 aromatic carbocycles. The quantitative estimate of drug-likeness (QED) is 0.438. The summed E-state index contributed by atoms with van der Waals surface area (Å²) in [6, 6.07) is 15.6. The van der Waals surface area contributed by atoms with E-state index in [4.69, 9.17) is 9.47 Å². The second kappa shape index (κ2) is 9.98. The highest BCUT2D eigenvalue weighted by Gasteiger charge is 2.23. The number of benzene rings is 2. The molecule has 1 fully saturated rings. The number of methoxy groups -OCH3 is 2. The number of aromatic nitrogens is 4. The van der Waals surface area contributed by atoms with Gasteiger partial charge >= 0.3 is 0 Å². The number of para-hydroxylation sites is 1. The van der Waals surface area contributed by atoms with Gasteiger partial charge in [0.05, 0.1) is 30.1 Å². The fraction of sp³-hybridized carbons (Fsp3) is 0.280. The van der Waals surface area contributed by atoms with Gasteiger partial charge < -0.3 is 24.6 Å². The van der Waals surface area contributed by atoms with Crippen LogP contribution in [0, 0.1) is 0 Å². The molecule has 4 aromatic rings. The third kappa shape index (κ3) is 4.60. The number of anilines is 3. The van der Waals surface area contributed by atoms with Gasteiger partial charge in [0.25, 0.3) is 0 Å².